The topological polar surface area (TPSA) is 80.9 Å². The Bertz CT molecular complexity index is 363. The third-order valence-electron chi connectivity index (χ3n) is 1.64. The van der Waals surface area contributed by atoms with Crippen molar-refractivity contribution in [2.45, 2.75) is 19.9 Å². The number of carbonyl (C=O) groups excluding carboxylic acids is 1. The van der Waals surface area contributed by atoms with Crippen LogP contribution in [-0.2, 0) is 11.3 Å². The lowest BCUT2D eigenvalue weighted by Gasteiger charge is -2.03. The number of aromatic nitrogens is 2. The number of amides is 1. The molecule has 0 unspecified atom stereocenters. The molecule has 1 amide bonds. The summed E-state index contributed by atoms with van der Waals surface area (Å²) in [6.45, 7) is 2.19. The first-order valence-electron chi connectivity index (χ1n) is 4.40. The van der Waals surface area contributed by atoms with Gasteiger partial charge in [0.25, 0.3) is 0 Å². The van der Waals surface area contributed by atoms with Gasteiger partial charge in [-0.1, -0.05) is 12.2 Å². The lowest BCUT2D eigenvalue weighted by molar-refractivity contribution is -0.120. The Balaban J connectivity index is 2.40. The van der Waals surface area contributed by atoms with E-state index in [1.165, 1.54) is 0 Å². The number of rotatable bonds is 4. The van der Waals surface area contributed by atoms with Crippen LogP contribution < -0.4 is 11.1 Å². The van der Waals surface area contributed by atoms with Gasteiger partial charge >= 0.3 is 0 Å². The monoisotopic (exact) mass is 224 g/mol. The van der Waals surface area contributed by atoms with Crippen LogP contribution >= 0.6 is 12.2 Å². The lowest BCUT2D eigenvalue weighted by atomic mass is 10.3. The summed E-state index contributed by atoms with van der Waals surface area (Å²) in [6, 6.07) is 0. The predicted molar refractivity (Wildman–Crippen MR) is 60.0 cm³/mol. The van der Waals surface area contributed by atoms with Gasteiger partial charge in [0.1, 0.15) is 0 Å². The summed E-state index contributed by atoms with van der Waals surface area (Å²) in [5.41, 5.74) is 6.77. The van der Waals surface area contributed by atoms with Crippen LogP contribution in [0.4, 0.5) is 0 Å². The van der Waals surface area contributed by atoms with Gasteiger partial charge in [0.15, 0.2) is 0 Å². The minimum Gasteiger partial charge on any atom is -0.393 e. The number of nitrogens with zero attached hydrogens (tertiary/aromatic N) is 2. The van der Waals surface area contributed by atoms with Crippen molar-refractivity contribution in [3.05, 3.63) is 23.8 Å². The molecule has 0 aliphatic heterocycles. The van der Waals surface area contributed by atoms with E-state index in [4.69, 9.17) is 5.73 Å². The Hall–Kier alpha value is -1.56. The van der Waals surface area contributed by atoms with Crippen LogP contribution in [0.25, 0.3) is 0 Å². The highest BCUT2D eigenvalue weighted by Gasteiger charge is 2.03. The molecule has 0 fully saturated rings. The molecule has 0 aliphatic rings. The van der Waals surface area contributed by atoms with Gasteiger partial charge in [-0.15, -0.1) is 0 Å². The maximum Gasteiger partial charge on any atom is 0.227 e. The van der Waals surface area contributed by atoms with E-state index in [9.17, 15) is 4.79 Å². The molecule has 0 spiro atoms. The predicted octanol–water partition coefficient (Wildman–Crippen LogP) is 0.0774. The van der Waals surface area contributed by atoms with Crippen molar-refractivity contribution in [2.24, 2.45) is 5.73 Å². The Morgan fingerprint density at radius 1 is 1.53 bits per heavy atom. The third kappa shape index (κ3) is 4.46. The van der Waals surface area contributed by atoms with Crippen molar-refractivity contribution in [2.75, 3.05) is 0 Å². The number of carbonyl (C=O) groups is 1. The molecule has 1 rings (SSSR count). The van der Waals surface area contributed by atoms with E-state index in [-0.39, 0.29) is 17.3 Å². The van der Waals surface area contributed by atoms with Crippen LogP contribution in [0.2, 0.25) is 0 Å². The molecule has 15 heavy (non-hydrogen) atoms. The van der Waals surface area contributed by atoms with Crippen LogP contribution in [0.15, 0.2) is 12.4 Å². The van der Waals surface area contributed by atoms with Crippen LogP contribution in [0, 0.1) is 6.92 Å². The SMILES string of the molecule is Cc1cnc(CNC(=O)CC(N)=S)cn1. The molecule has 1 aromatic heterocycles. The van der Waals surface area contributed by atoms with E-state index >= 15 is 0 Å². The fraction of sp³-hybridized carbons (Fsp3) is 0.333. The van der Waals surface area contributed by atoms with Crippen LogP contribution in [0.5, 0.6) is 0 Å². The average molecular weight is 224 g/mol. The normalized spacial score (nSPS) is 9.67. The molecule has 0 aliphatic carbocycles. The summed E-state index contributed by atoms with van der Waals surface area (Å²) in [5, 5.41) is 2.64. The van der Waals surface area contributed by atoms with Crippen molar-refractivity contribution in [1.82, 2.24) is 15.3 Å². The zero-order valence-corrected chi connectivity index (χ0v) is 9.17. The summed E-state index contributed by atoms with van der Waals surface area (Å²) < 4.78 is 0. The Morgan fingerprint density at radius 2 is 2.27 bits per heavy atom. The van der Waals surface area contributed by atoms with E-state index in [0.29, 0.717) is 12.2 Å². The number of hydrogen-bond acceptors (Lipinski definition) is 4. The fourth-order valence-electron chi connectivity index (χ4n) is 0.920. The molecule has 6 heteroatoms. The van der Waals surface area contributed by atoms with Crippen molar-refractivity contribution >= 4 is 23.1 Å². The first-order chi connectivity index (χ1) is 7.08. The first kappa shape index (κ1) is 11.5. The second kappa shape index (κ2) is 5.35. The van der Waals surface area contributed by atoms with E-state index in [1.807, 2.05) is 6.92 Å². The fourth-order valence-corrected chi connectivity index (χ4v) is 1.05. The number of nitrogens with one attached hydrogen (secondary N) is 1. The van der Waals surface area contributed by atoms with E-state index < -0.39 is 0 Å². The maximum absolute atomic E-state index is 11.2. The zero-order chi connectivity index (χ0) is 11.3. The number of aryl methyl sites for hydroxylation is 1. The van der Waals surface area contributed by atoms with Gasteiger partial charge in [-0.25, -0.2) is 0 Å². The second-order valence-corrected chi connectivity index (χ2v) is 3.59. The average Bonchev–Trinajstić information content (AvgIpc) is 2.16. The molecular formula is C9H12N4OS. The zero-order valence-electron chi connectivity index (χ0n) is 8.36. The Kier molecular flexibility index (Phi) is 4.11. The van der Waals surface area contributed by atoms with Gasteiger partial charge in [-0.2, -0.15) is 0 Å². The minimum absolute atomic E-state index is 0.0641. The molecule has 0 atom stereocenters. The highest BCUT2D eigenvalue weighted by Crippen LogP contribution is 1.93. The summed E-state index contributed by atoms with van der Waals surface area (Å²) in [7, 11) is 0. The highest BCUT2D eigenvalue weighted by atomic mass is 32.1. The molecule has 1 aromatic rings. The highest BCUT2D eigenvalue weighted by molar-refractivity contribution is 7.80. The molecular weight excluding hydrogens is 212 g/mol. The quantitative estimate of drug-likeness (QED) is 0.708. The van der Waals surface area contributed by atoms with Gasteiger partial charge in [0, 0.05) is 6.20 Å². The van der Waals surface area contributed by atoms with Crippen molar-refractivity contribution in [1.29, 1.82) is 0 Å². The van der Waals surface area contributed by atoms with Gasteiger partial charge < -0.3 is 11.1 Å². The molecule has 3 N–H and O–H groups in total. The van der Waals surface area contributed by atoms with Crippen LogP contribution in [0.1, 0.15) is 17.8 Å². The second-order valence-electron chi connectivity index (χ2n) is 3.07. The summed E-state index contributed by atoms with van der Waals surface area (Å²) in [6.07, 6.45) is 3.33. The van der Waals surface area contributed by atoms with Gasteiger partial charge in [-0.05, 0) is 6.92 Å². The Labute approximate surface area is 93.1 Å². The lowest BCUT2D eigenvalue weighted by Crippen LogP contribution is -2.27. The number of nitrogens with two attached hydrogens (primary N) is 1. The molecule has 80 valence electrons. The summed E-state index contributed by atoms with van der Waals surface area (Å²) in [4.78, 5) is 19.5. The van der Waals surface area contributed by atoms with Crippen LogP contribution in [-0.4, -0.2) is 20.9 Å². The van der Waals surface area contributed by atoms with E-state index in [0.717, 1.165) is 5.69 Å². The summed E-state index contributed by atoms with van der Waals surface area (Å²) in [5.74, 6) is -0.204. The molecule has 0 saturated heterocycles. The van der Waals surface area contributed by atoms with Crippen molar-refractivity contribution < 1.29 is 4.79 Å². The van der Waals surface area contributed by atoms with Gasteiger partial charge in [0.05, 0.1) is 35.5 Å². The van der Waals surface area contributed by atoms with E-state index in [2.05, 4.69) is 27.5 Å². The smallest absolute Gasteiger partial charge is 0.227 e. The van der Waals surface area contributed by atoms with Crippen LogP contribution in [0.3, 0.4) is 0 Å². The van der Waals surface area contributed by atoms with Gasteiger partial charge in [-0.3, -0.25) is 14.8 Å². The number of hydrogen-bond donors (Lipinski definition) is 2. The van der Waals surface area contributed by atoms with Crippen molar-refractivity contribution in [3.63, 3.8) is 0 Å². The van der Waals surface area contributed by atoms with Gasteiger partial charge in [0.2, 0.25) is 5.91 Å². The minimum atomic E-state index is -0.204. The van der Waals surface area contributed by atoms with E-state index in [1.54, 1.807) is 12.4 Å². The molecule has 1 heterocycles. The third-order valence-corrected chi connectivity index (χ3v) is 1.78. The molecule has 0 aromatic carbocycles. The maximum atomic E-state index is 11.2. The Morgan fingerprint density at radius 3 is 2.80 bits per heavy atom. The molecule has 0 saturated carbocycles. The summed E-state index contributed by atoms with van der Waals surface area (Å²) >= 11 is 4.61. The largest absolute Gasteiger partial charge is 0.393 e. The van der Waals surface area contributed by atoms with Crippen molar-refractivity contribution in [3.8, 4) is 0 Å². The standard InChI is InChI=1S/C9H12N4OS/c1-6-3-12-7(4-11-6)5-13-9(14)2-8(10)15/h3-4H,2,5H2,1H3,(H2,10,15)(H,13,14). The number of thiocarbonyl (C=S) groups is 1. The first-order valence-corrected chi connectivity index (χ1v) is 4.81. The molecule has 0 bridgehead atoms. The molecule has 0 radical (unpaired) electrons. The molecule has 5 nitrogen and oxygen atoms in total.